The monoisotopic (exact) mass is 234 g/mol. The summed E-state index contributed by atoms with van der Waals surface area (Å²) in [4.78, 5) is 0. The van der Waals surface area contributed by atoms with Gasteiger partial charge in [0.1, 0.15) is 6.10 Å². The predicted molar refractivity (Wildman–Crippen MR) is 41.1 cm³/mol. The van der Waals surface area contributed by atoms with Crippen molar-refractivity contribution in [2.75, 3.05) is 6.54 Å². The molecule has 3 nitrogen and oxygen atoms in total. The van der Waals surface area contributed by atoms with E-state index in [2.05, 4.69) is 0 Å². The zero-order valence-electron chi connectivity index (χ0n) is 7.61. The summed E-state index contributed by atoms with van der Waals surface area (Å²) < 4.78 is 60.1. The van der Waals surface area contributed by atoms with E-state index < -0.39 is 24.2 Å². The molecule has 0 saturated heterocycles. The number of aliphatic hydroxyl groups is 1. The fourth-order valence-electron chi connectivity index (χ4n) is 0.900. The first-order valence-electron chi connectivity index (χ1n) is 4.13. The first-order chi connectivity index (χ1) is 6.64. The zero-order chi connectivity index (χ0) is 12.3. The number of nitrogens with one attached hydrogen (secondary N) is 2. The van der Waals surface area contributed by atoms with Gasteiger partial charge in [0.05, 0.1) is 6.04 Å². The van der Waals surface area contributed by atoms with Crippen molar-refractivity contribution in [3.8, 4) is 0 Å². The molecule has 2 radical (unpaired) electrons. The minimum absolute atomic E-state index is 0.000830. The molecule has 0 saturated carbocycles. The molecule has 0 aromatic heterocycles. The van der Waals surface area contributed by atoms with Crippen molar-refractivity contribution in [3.05, 3.63) is 0 Å². The molecule has 0 spiro atoms. The SMILES string of the molecule is [NH]CCCC([NH])C(O)C(F)(F)C(F)(F)F. The third-order valence-electron chi connectivity index (χ3n) is 1.82. The predicted octanol–water partition coefficient (Wildman–Crippen LogP) is 1.26. The van der Waals surface area contributed by atoms with Crippen LogP contribution in [-0.4, -0.2) is 35.9 Å². The van der Waals surface area contributed by atoms with Gasteiger partial charge in [-0.3, -0.25) is 11.5 Å². The molecule has 0 aliphatic rings. The molecule has 8 heteroatoms. The van der Waals surface area contributed by atoms with Crippen LogP contribution < -0.4 is 11.5 Å². The first-order valence-corrected chi connectivity index (χ1v) is 4.13. The molecule has 0 aliphatic carbocycles. The lowest BCUT2D eigenvalue weighted by Crippen LogP contribution is -2.52. The zero-order valence-corrected chi connectivity index (χ0v) is 7.61. The highest BCUT2D eigenvalue weighted by Gasteiger charge is 2.63. The summed E-state index contributed by atoms with van der Waals surface area (Å²) in [5.41, 5.74) is 13.5. The fourth-order valence-corrected chi connectivity index (χ4v) is 0.900. The van der Waals surface area contributed by atoms with Gasteiger partial charge in [0, 0.05) is 6.54 Å². The topological polar surface area (TPSA) is 67.8 Å². The highest BCUT2D eigenvalue weighted by atomic mass is 19.4. The molecule has 2 unspecified atom stereocenters. The summed E-state index contributed by atoms with van der Waals surface area (Å²) in [6.45, 7) is -0.181. The molecule has 0 aliphatic heterocycles. The van der Waals surface area contributed by atoms with Crippen LogP contribution in [0.3, 0.4) is 0 Å². The third kappa shape index (κ3) is 3.54. The Morgan fingerprint density at radius 3 is 1.93 bits per heavy atom. The van der Waals surface area contributed by atoms with Gasteiger partial charge < -0.3 is 5.11 Å². The Morgan fingerprint density at radius 2 is 1.60 bits per heavy atom. The van der Waals surface area contributed by atoms with Crippen molar-refractivity contribution in [3.63, 3.8) is 0 Å². The van der Waals surface area contributed by atoms with Gasteiger partial charge in [0.15, 0.2) is 0 Å². The number of alkyl halides is 5. The lowest BCUT2D eigenvalue weighted by molar-refractivity contribution is -0.315. The van der Waals surface area contributed by atoms with Crippen LogP contribution in [0.15, 0.2) is 0 Å². The van der Waals surface area contributed by atoms with E-state index in [1.807, 2.05) is 0 Å². The Balaban J connectivity index is 4.48. The van der Waals surface area contributed by atoms with Crippen LogP contribution in [0, 0.1) is 0 Å². The summed E-state index contributed by atoms with van der Waals surface area (Å²) in [5, 5.41) is 8.69. The van der Waals surface area contributed by atoms with E-state index in [-0.39, 0.29) is 19.4 Å². The van der Waals surface area contributed by atoms with E-state index in [0.29, 0.717) is 0 Å². The molecule has 0 fully saturated rings. The molecule has 2 atom stereocenters. The van der Waals surface area contributed by atoms with E-state index in [1.54, 1.807) is 0 Å². The van der Waals surface area contributed by atoms with E-state index in [4.69, 9.17) is 16.6 Å². The third-order valence-corrected chi connectivity index (χ3v) is 1.82. The standard InChI is InChI=1S/C7H11F5N2O/c8-6(9,7(10,11)12)5(15)4(14)2-1-3-13/h4-5,13-15H,1-3H2. The van der Waals surface area contributed by atoms with Crippen LogP contribution in [0.2, 0.25) is 0 Å². The second-order valence-electron chi connectivity index (χ2n) is 3.06. The lowest BCUT2D eigenvalue weighted by atomic mass is 10.0. The first kappa shape index (κ1) is 14.5. The van der Waals surface area contributed by atoms with Crippen LogP contribution >= 0.6 is 0 Å². The summed E-state index contributed by atoms with van der Waals surface area (Å²) in [6.07, 6.45) is -9.30. The number of hydrogen-bond acceptors (Lipinski definition) is 1. The Kier molecular flexibility index (Phi) is 4.88. The van der Waals surface area contributed by atoms with Crippen molar-refractivity contribution in [2.45, 2.75) is 37.1 Å². The highest BCUT2D eigenvalue weighted by Crippen LogP contribution is 2.39. The van der Waals surface area contributed by atoms with Crippen molar-refractivity contribution >= 4 is 0 Å². The highest BCUT2D eigenvalue weighted by molar-refractivity contribution is 4.90. The summed E-state index contributed by atoms with van der Waals surface area (Å²) in [6, 6.07) is -1.94. The maximum atomic E-state index is 12.5. The quantitative estimate of drug-likeness (QED) is 0.715. The van der Waals surface area contributed by atoms with Gasteiger partial charge >= 0.3 is 12.1 Å². The van der Waals surface area contributed by atoms with Gasteiger partial charge in [-0.1, -0.05) is 0 Å². The van der Waals surface area contributed by atoms with Crippen LogP contribution in [0.1, 0.15) is 12.8 Å². The smallest absolute Gasteiger partial charge is 0.385 e. The van der Waals surface area contributed by atoms with Gasteiger partial charge in [-0.25, -0.2) is 0 Å². The van der Waals surface area contributed by atoms with Crippen molar-refractivity contribution in [1.82, 2.24) is 11.5 Å². The van der Waals surface area contributed by atoms with E-state index >= 15 is 0 Å². The average Bonchev–Trinajstić information content (AvgIpc) is 2.10. The number of aliphatic hydroxyl groups excluding tert-OH is 1. The number of hydrogen-bond donors (Lipinski definition) is 1. The average molecular weight is 234 g/mol. The summed E-state index contributed by atoms with van der Waals surface area (Å²) >= 11 is 0. The van der Waals surface area contributed by atoms with E-state index in [9.17, 15) is 22.0 Å². The molecule has 0 aromatic rings. The number of halogens is 5. The Labute approximate surface area is 83.2 Å². The molecule has 0 heterocycles. The van der Waals surface area contributed by atoms with E-state index in [0.717, 1.165) is 0 Å². The largest absolute Gasteiger partial charge is 0.456 e. The minimum Gasteiger partial charge on any atom is -0.385 e. The fraction of sp³-hybridized carbons (Fsp3) is 1.00. The summed E-state index contributed by atoms with van der Waals surface area (Å²) in [5.74, 6) is -5.28. The molecule has 0 bridgehead atoms. The maximum absolute atomic E-state index is 12.5. The second-order valence-corrected chi connectivity index (χ2v) is 3.06. The van der Waals surface area contributed by atoms with E-state index in [1.165, 1.54) is 0 Å². The van der Waals surface area contributed by atoms with Crippen molar-refractivity contribution in [1.29, 1.82) is 0 Å². The maximum Gasteiger partial charge on any atom is 0.456 e. The van der Waals surface area contributed by atoms with Crippen molar-refractivity contribution in [2.24, 2.45) is 0 Å². The lowest BCUT2D eigenvalue weighted by Gasteiger charge is -2.28. The van der Waals surface area contributed by atoms with Gasteiger partial charge in [-0.05, 0) is 12.8 Å². The Morgan fingerprint density at radius 1 is 1.13 bits per heavy atom. The summed E-state index contributed by atoms with van der Waals surface area (Å²) in [7, 11) is 0. The molecule has 0 amide bonds. The number of rotatable bonds is 5. The van der Waals surface area contributed by atoms with Gasteiger partial charge in [-0.2, -0.15) is 22.0 Å². The molecule has 0 rings (SSSR count). The molecule has 3 N–H and O–H groups in total. The van der Waals surface area contributed by atoms with Crippen LogP contribution in [0.25, 0.3) is 0 Å². The molecule has 0 aromatic carbocycles. The minimum atomic E-state index is -5.85. The van der Waals surface area contributed by atoms with Crippen LogP contribution in [0.5, 0.6) is 0 Å². The normalized spacial score (nSPS) is 17.6. The van der Waals surface area contributed by atoms with Crippen LogP contribution in [-0.2, 0) is 0 Å². The molecule has 15 heavy (non-hydrogen) atoms. The van der Waals surface area contributed by atoms with Gasteiger partial charge in [0.2, 0.25) is 0 Å². The van der Waals surface area contributed by atoms with Gasteiger partial charge in [-0.15, -0.1) is 0 Å². The Bertz CT molecular complexity index is 196. The molecular weight excluding hydrogens is 223 g/mol. The molecular formula is C7H11F5N2O. The van der Waals surface area contributed by atoms with Crippen molar-refractivity contribution < 1.29 is 27.1 Å². The molecule has 90 valence electrons. The van der Waals surface area contributed by atoms with Gasteiger partial charge in [0.25, 0.3) is 0 Å². The van der Waals surface area contributed by atoms with Crippen LogP contribution in [0.4, 0.5) is 22.0 Å². The second kappa shape index (κ2) is 5.04. The Hall–Kier alpha value is -0.470.